The molecule has 2 saturated heterocycles. The number of likely N-dealkylation sites (N-methyl/N-ethyl adjacent to an activating group) is 1. The van der Waals surface area contributed by atoms with E-state index in [0.717, 1.165) is 46.1 Å². The van der Waals surface area contributed by atoms with Gasteiger partial charge in [-0.2, -0.15) is 34.8 Å². The molecule has 49 heavy (non-hydrogen) atoms. The summed E-state index contributed by atoms with van der Waals surface area (Å²) in [5.41, 5.74) is -1.35. The average Bonchev–Trinajstić information content (AvgIpc) is 2.93. The Balaban J connectivity index is 0.000000807. The normalized spacial score (nSPS) is 18.9. The van der Waals surface area contributed by atoms with Crippen LogP contribution in [-0.4, -0.2) is 129 Å². The first-order chi connectivity index (χ1) is 22.0. The quantitative estimate of drug-likeness (QED) is 0.308. The maximum absolute atomic E-state index is 12.4. The van der Waals surface area contributed by atoms with Crippen LogP contribution in [0.5, 0.6) is 0 Å². The molecule has 2 aliphatic rings. The molecule has 0 aromatic rings. The first-order valence-corrected chi connectivity index (χ1v) is 17.2. The first kappa shape index (κ1) is 46.0. The van der Waals surface area contributed by atoms with Gasteiger partial charge in [-0.1, -0.05) is 0 Å². The molecular formula is C29H50F6N4O9S. The fourth-order valence-corrected chi connectivity index (χ4v) is 4.45. The van der Waals surface area contributed by atoms with Gasteiger partial charge in [0.25, 0.3) is 10.1 Å². The Morgan fingerprint density at radius 1 is 0.755 bits per heavy atom. The van der Waals surface area contributed by atoms with Crippen molar-refractivity contribution in [1.29, 1.82) is 0 Å². The molecule has 0 bridgehead atoms. The number of carbonyl (C=O) groups excluding carboxylic acids is 4. The predicted molar refractivity (Wildman–Crippen MR) is 166 cm³/mol. The molecule has 0 unspecified atom stereocenters. The Kier molecular flexibility index (Phi) is 17.7. The molecule has 1 N–H and O–H groups in total. The summed E-state index contributed by atoms with van der Waals surface area (Å²) in [6, 6.07) is -0.931. The van der Waals surface area contributed by atoms with Gasteiger partial charge in [-0.05, 0) is 80.1 Å². The summed E-state index contributed by atoms with van der Waals surface area (Å²) in [6.07, 6.45) is -5.71. The highest BCUT2D eigenvalue weighted by Gasteiger charge is 2.43. The van der Waals surface area contributed by atoms with E-state index in [1.807, 2.05) is 5.32 Å². The van der Waals surface area contributed by atoms with Crippen molar-refractivity contribution >= 4 is 34.1 Å². The number of hydrogen-bond acceptors (Lipinski definition) is 9. The molecule has 288 valence electrons. The summed E-state index contributed by atoms with van der Waals surface area (Å²) in [7, 11) is -0.947. The molecule has 13 nitrogen and oxygen atoms in total. The van der Waals surface area contributed by atoms with Crippen LogP contribution < -0.4 is 5.32 Å². The zero-order valence-corrected chi connectivity index (χ0v) is 30.2. The molecule has 2 rings (SSSR count). The van der Waals surface area contributed by atoms with E-state index in [1.165, 1.54) is 9.80 Å². The van der Waals surface area contributed by atoms with Crippen LogP contribution in [0.2, 0.25) is 0 Å². The lowest BCUT2D eigenvalue weighted by Gasteiger charge is -2.38. The molecule has 0 aliphatic carbocycles. The summed E-state index contributed by atoms with van der Waals surface area (Å²) in [6.45, 7) is 10.8. The monoisotopic (exact) mass is 744 g/mol. The third kappa shape index (κ3) is 19.7. The predicted octanol–water partition coefficient (Wildman–Crippen LogP) is 4.84. The fourth-order valence-electron chi connectivity index (χ4n) is 4.45. The van der Waals surface area contributed by atoms with Crippen LogP contribution in [0.3, 0.4) is 0 Å². The molecular weight excluding hydrogens is 694 g/mol. The van der Waals surface area contributed by atoms with Crippen molar-refractivity contribution in [3.8, 4) is 0 Å². The number of amides is 4. The van der Waals surface area contributed by atoms with Gasteiger partial charge in [0, 0.05) is 33.2 Å². The molecule has 2 fully saturated rings. The maximum atomic E-state index is 12.4. The summed E-state index contributed by atoms with van der Waals surface area (Å²) in [5.74, 6) is -3.89. The van der Waals surface area contributed by atoms with Crippen LogP contribution in [0.15, 0.2) is 0 Å². The van der Waals surface area contributed by atoms with E-state index in [9.17, 15) is 53.9 Å². The Labute approximate surface area is 284 Å². The minimum atomic E-state index is -4.91. The van der Waals surface area contributed by atoms with Crippen LogP contribution in [0, 0.1) is 0 Å². The van der Waals surface area contributed by atoms with Crippen molar-refractivity contribution in [2.24, 2.45) is 0 Å². The molecule has 2 aliphatic heterocycles. The number of nitrogens with zero attached hydrogens (tertiary/aromatic N) is 3. The van der Waals surface area contributed by atoms with Crippen LogP contribution in [0.4, 0.5) is 35.9 Å². The van der Waals surface area contributed by atoms with E-state index in [4.69, 9.17) is 9.47 Å². The van der Waals surface area contributed by atoms with Gasteiger partial charge in [0.1, 0.15) is 11.2 Å². The maximum Gasteiger partial charge on any atom is 0.471 e. The first-order valence-electron chi connectivity index (χ1n) is 15.4. The van der Waals surface area contributed by atoms with Gasteiger partial charge < -0.3 is 29.5 Å². The molecule has 20 heteroatoms. The van der Waals surface area contributed by atoms with Gasteiger partial charge in [0.15, 0.2) is 0 Å². The van der Waals surface area contributed by atoms with E-state index in [0.29, 0.717) is 30.8 Å². The lowest BCUT2D eigenvalue weighted by Crippen LogP contribution is -2.52. The molecule has 0 radical (unpaired) electrons. The number of carbonyl (C=O) groups is 4. The SMILES string of the molecule is CC(C)(C)OC(=O)N1CCCC[C@@H]1CNC(=O)C(F)(F)F.CN(C[C@H]1CCCCN1C(=O)OC(C)(C)C)C(=O)C(F)(F)F.COS(C)(=O)=O. The lowest BCUT2D eigenvalue weighted by atomic mass is 10.0. The van der Waals surface area contributed by atoms with Crippen molar-refractivity contribution in [3.05, 3.63) is 0 Å². The highest BCUT2D eigenvalue weighted by Crippen LogP contribution is 2.24. The molecule has 0 aromatic heterocycles. The Hall–Kier alpha value is -3.03. The minimum Gasteiger partial charge on any atom is -0.444 e. The number of ether oxygens (including phenoxy) is 2. The summed E-state index contributed by atoms with van der Waals surface area (Å²) in [5, 5.41) is 1.83. The number of rotatable bonds is 5. The van der Waals surface area contributed by atoms with E-state index in [1.54, 1.807) is 41.5 Å². The molecule has 0 saturated carbocycles. The highest BCUT2D eigenvalue weighted by molar-refractivity contribution is 7.85. The third-order valence-electron chi connectivity index (χ3n) is 6.64. The second-order valence-corrected chi connectivity index (χ2v) is 15.2. The fraction of sp³-hybridized carbons (Fsp3) is 0.862. The van der Waals surface area contributed by atoms with E-state index in [-0.39, 0.29) is 13.1 Å². The Bertz CT molecular complexity index is 1200. The number of piperidine rings is 2. The second-order valence-electron chi connectivity index (χ2n) is 13.4. The average molecular weight is 745 g/mol. The van der Waals surface area contributed by atoms with Crippen molar-refractivity contribution in [3.63, 3.8) is 0 Å². The summed E-state index contributed by atoms with van der Waals surface area (Å²) in [4.78, 5) is 49.7. The smallest absolute Gasteiger partial charge is 0.444 e. The number of likely N-dealkylation sites (tertiary alicyclic amines) is 2. The number of alkyl halides is 6. The standard InChI is InChI=1S/C14H23F3N2O3.C13H21F3N2O3.C2H6O3S/c1-13(2,3)22-12(21)19-8-6-5-7-10(19)9-18(4)11(20)14(15,16)17;1-12(2,3)21-11(20)18-7-5-4-6-9(18)8-17-10(19)13(14,15)16;1-5-6(2,3)4/h10H,5-9H2,1-4H3;9H,4-8H2,1-3H3,(H,17,19);1-2H3/t10-;9-;/m11./s1. The van der Waals surface area contributed by atoms with Crippen LogP contribution in [0.1, 0.15) is 80.1 Å². The van der Waals surface area contributed by atoms with E-state index >= 15 is 0 Å². The zero-order valence-electron chi connectivity index (χ0n) is 29.4. The van der Waals surface area contributed by atoms with Crippen molar-refractivity contribution in [2.45, 2.75) is 116 Å². The molecule has 2 atom stereocenters. The Morgan fingerprint density at radius 2 is 1.14 bits per heavy atom. The minimum absolute atomic E-state index is 0.155. The summed E-state index contributed by atoms with van der Waals surface area (Å²) >= 11 is 0. The van der Waals surface area contributed by atoms with Gasteiger partial charge in [0.05, 0.1) is 25.4 Å². The van der Waals surface area contributed by atoms with Gasteiger partial charge in [-0.15, -0.1) is 0 Å². The van der Waals surface area contributed by atoms with Gasteiger partial charge in [0.2, 0.25) is 0 Å². The summed E-state index contributed by atoms with van der Waals surface area (Å²) < 4.78 is 108. The number of halogens is 6. The van der Waals surface area contributed by atoms with Crippen molar-refractivity contribution in [2.75, 3.05) is 46.6 Å². The molecule has 0 spiro atoms. The van der Waals surface area contributed by atoms with Gasteiger partial charge >= 0.3 is 36.4 Å². The number of nitrogens with one attached hydrogen (secondary N) is 1. The lowest BCUT2D eigenvalue weighted by molar-refractivity contribution is -0.184. The van der Waals surface area contributed by atoms with E-state index < -0.39 is 69.8 Å². The largest absolute Gasteiger partial charge is 0.471 e. The second kappa shape index (κ2) is 18.8. The van der Waals surface area contributed by atoms with Gasteiger partial charge in [-0.25, -0.2) is 9.59 Å². The molecule has 0 aromatic carbocycles. The van der Waals surface area contributed by atoms with Gasteiger partial charge in [-0.3, -0.25) is 13.8 Å². The van der Waals surface area contributed by atoms with Crippen LogP contribution in [0.25, 0.3) is 0 Å². The zero-order chi connectivity index (χ0) is 38.6. The third-order valence-corrected chi connectivity index (χ3v) is 7.25. The van der Waals surface area contributed by atoms with Crippen LogP contribution >= 0.6 is 0 Å². The highest BCUT2D eigenvalue weighted by atomic mass is 32.2. The molecule has 2 heterocycles. The van der Waals surface area contributed by atoms with Crippen molar-refractivity contribution < 1.29 is 67.6 Å². The molecule has 4 amide bonds. The van der Waals surface area contributed by atoms with Crippen LogP contribution in [-0.2, 0) is 33.4 Å². The Morgan fingerprint density at radius 3 is 1.49 bits per heavy atom. The van der Waals surface area contributed by atoms with Crippen molar-refractivity contribution in [1.82, 2.24) is 20.0 Å². The van der Waals surface area contributed by atoms with E-state index in [2.05, 4.69) is 4.18 Å². The topological polar surface area (TPSA) is 152 Å². The number of hydrogen-bond donors (Lipinski definition) is 1.